The fourth-order valence-corrected chi connectivity index (χ4v) is 1.70. The van der Waals surface area contributed by atoms with E-state index >= 15 is 0 Å². The summed E-state index contributed by atoms with van der Waals surface area (Å²) in [6.07, 6.45) is -0.924. The molecule has 1 rings (SSSR count). The van der Waals surface area contributed by atoms with Gasteiger partial charge in [-0.05, 0) is 20.8 Å². The van der Waals surface area contributed by atoms with Crippen LogP contribution in [0.2, 0.25) is 0 Å². The molecule has 4 nitrogen and oxygen atoms in total. The number of nitrogens with zero attached hydrogens (tertiary/aromatic N) is 1. The summed E-state index contributed by atoms with van der Waals surface area (Å²) < 4.78 is 33.8. The van der Waals surface area contributed by atoms with Gasteiger partial charge in [0.2, 0.25) is 0 Å². The third-order valence-electron chi connectivity index (χ3n) is 2.76. The van der Waals surface area contributed by atoms with Crippen LogP contribution < -0.4 is 0 Å². The number of carbonyl (C=O) groups is 2. The van der Waals surface area contributed by atoms with E-state index in [1.165, 1.54) is 24.3 Å². The summed E-state index contributed by atoms with van der Waals surface area (Å²) >= 11 is 0. The van der Waals surface area contributed by atoms with Crippen LogP contribution in [0.1, 0.15) is 26.3 Å². The van der Waals surface area contributed by atoms with Crippen molar-refractivity contribution in [3.05, 3.63) is 35.9 Å². The second-order valence-electron chi connectivity index (χ2n) is 5.66. The van der Waals surface area contributed by atoms with Crippen LogP contribution in [0, 0.1) is 0 Å². The Kier molecular flexibility index (Phi) is 5.04. The third kappa shape index (κ3) is 4.24. The summed E-state index contributed by atoms with van der Waals surface area (Å²) in [6, 6.07) is 4.96. The molecule has 0 saturated carbocycles. The molecule has 1 amide bonds. The quantitative estimate of drug-likeness (QED) is 0.802. The number of hydrogen-bond donors (Lipinski definition) is 0. The topological polar surface area (TPSA) is 46.6 Å². The summed E-state index contributed by atoms with van der Waals surface area (Å²) in [5.41, 5.74) is -1.17. The van der Waals surface area contributed by atoms with Crippen molar-refractivity contribution in [2.75, 3.05) is 7.05 Å². The zero-order valence-corrected chi connectivity index (χ0v) is 12.5. The average molecular weight is 299 g/mol. The van der Waals surface area contributed by atoms with Crippen LogP contribution in [0.25, 0.3) is 0 Å². The second-order valence-corrected chi connectivity index (χ2v) is 5.66. The molecular weight excluding hydrogens is 280 g/mol. The number of ether oxygens (including phenoxy) is 1. The molecule has 0 fully saturated rings. The lowest BCUT2D eigenvalue weighted by molar-refractivity contribution is -0.130. The maximum Gasteiger partial charge on any atom is 0.410 e. The molecule has 0 N–H and O–H groups in total. The SMILES string of the molecule is CN(C(=O)OC(C)(C)C)C(C=O)C(F)(F)c1ccccc1. The van der Waals surface area contributed by atoms with Gasteiger partial charge in [-0.1, -0.05) is 30.3 Å². The first-order valence-electron chi connectivity index (χ1n) is 6.44. The van der Waals surface area contributed by atoms with Gasteiger partial charge in [-0.2, -0.15) is 8.78 Å². The highest BCUT2D eigenvalue weighted by atomic mass is 19.3. The van der Waals surface area contributed by atoms with E-state index in [0.29, 0.717) is 4.90 Å². The van der Waals surface area contributed by atoms with Gasteiger partial charge in [0.05, 0.1) is 0 Å². The van der Waals surface area contributed by atoms with Crippen LogP contribution >= 0.6 is 0 Å². The van der Waals surface area contributed by atoms with Crippen molar-refractivity contribution in [2.45, 2.75) is 38.3 Å². The lowest BCUT2D eigenvalue weighted by Crippen LogP contribution is -2.49. The smallest absolute Gasteiger partial charge is 0.410 e. The molecule has 0 bridgehead atoms. The van der Waals surface area contributed by atoms with E-state index in [0.717, 1.165) is 7.05 Å². The van der Waals surface area contributed by atoms with Gasteiger partial charge in [0, 0.05) is 12.6 Å². The van der Waals surface area contributed by atoms with Crippen molar-refractivity contribution in [3.63, 3.8) is 0 Å². The third-order valence-corrected chi connectivity index (χ3v) is 2.76. The molecule has 116 valence electrons. The van der Waals surface area contributed by atoms with Gasteiger partial charge in [-0.15, -0.1) is 0 Å². The molecule has 1 aromatic rings. The largest absolute Gasteiger partial charge is 0.444 e. The molecule has 6 heteroatoms. The summed E-state index contributed by atoms with van der Waals surface area (Å²) in [7, 11) is 1.12. The minimum absolute atomic E-state index is 0.0525. The summed E-state index contributed by atoms with van der Waals surface area (Å²) in [5, 5.41) is 0. The van der Waals surface area contributed by atoms with Crippen molar-refractivity contribution in [2.24, 2.45) is 0 Å². The maximum atomic E-state index is 14.4. The first-order valence-corrected chi connectivity index (χ1v) is 6.44. The maximum absolute atomic E-state index is 14.4. The Morgan fingerprint density at radius 2 is 1.76 bits per heavy atom. The first kappa shape index (κ1) is 17.1. The Balaban J connectivity index is 3.01. The minimum atomic E-state index is -3.51. The van der Waals surface area contributed by atoms with Crippen LogP contribution in [0.5, 0.6) is 0 Å². The summed E-state index contributed by atoms with van der Waals surface area (Å²) in [5.74, 6) is -3.51. The Labute approximate surface area is 122 Å². The first-order chi connectivity index (χ1) is 9.59. The zero-order valence-electron chi connectivity index (χ0n) is 12.5. The van der Waals surface area contributed by atoms with Crippen molar-refractivity contribution in [3.8, 4) is 0 Å². The lowest BCUT2D eigenvalue weighted by Gasteiger charge is -2.32. The number of aldehydes is 1. The Bertz CT molecular complexity index is 497. The van der Waals surface area contributed by atoms with Gasteiger partial charge in [-0.25, -0.2) is 4.79 Å². The average Bonchev–Trinajstić information content (AvgIpc) is 2.38. The van der Waals surface area contributed by atoms with E-state index in [1.807, 2.05) is 0 Å². The molecule has 0 saturated heterocycles. The van der Waals surface area contributed by atoms with E-state index in [9.17, 15) is 18.4 Å². The Morgan fingerprint density at radius 3 is 2.19 bits per heavy atom. The Hall–Kier alpha value is -1.98. The lowest BCUT2D eigenvalue weighted by atomic mass is 10.0. The standard InChI is InChI=1S/C15H19F2NO3/c1-14(2,3)21-13(20)18(4)12(10-19)15(16,17)11-8-6-5-7-9-11/h5-10,12H,1-4H3. The molecule has 0 aliphatic rings. The monoisotopic (exact) mass is 299 g/mol. The zero-order chi connectivity index (χ0) is 16.3. The molecule has 0 heterocycles. The van der Waals surface area contributed by atoms with Crippen molar-refractivity contribution in [1.29, 1.82) is 0 Å². The molecule has 0 spiro atoms. The fourth-order valence-electron chi connectivity index (χ4n) is 1.70. The Morgan fingerprint density at radius 1 is 1.24 bits per heavy atom. The number of alkyl halides is 2. The molecule has 21 heavy (non-hydrogen) atoms. The van der Waals surface area contributed by atoms with Gasteiger partial charge in [0.25, 0.3) is 5.92 Å². The van der Waals surface area contributed by atoms with Gasteiger partial charge in [0.1, 0.15) is 11.9 Å². The number of benzene rings is 1. The summed E-state index contributed by atoms with van der Waals surface area (Å²) in [6.45, 7) is 4.85. The van der Waals surface area contributed by atoms with Crippen molar-refractivity contribution in [1.82, 2.24) is 4.90 Å². The normalized spacial score (nSPS) is 13.4. The highest BCUT2D eigenvalue weighted by molar-refractivity contribution is 5.74. The van der Waals surface area contributed by atoms with E-state index < -0.39 is 23.7 Å². The predicted molar refractivity (Wildman–Crippen MR) is 74.2 cm³/mol. The highest BCUT2D eigenvalue weighted by Crippen LogP contribution is 2.33. The van der Waals surface area contributed by atoms with Gasteiger partial charge >= 0.3 is 6.09 Å². The van der Waals surface area contributed by atoms with Gasteiger partial charge in [-0.3, -0.25) is 4.90 Å². The predicted octanol–water partition coefficient (Wildman–Crippen LogP) is 3.21. The van der Waals surface area contributed by atoms with Gasteiger partial charge < -0.3 is 9.53 Å². The molecular formula is C15H19F2NO3. The van der Waals surface area contributed by atoms with Crippen LogP contribution in [0.4, 0.5) is 13.6 Å². The molecule has 1 unspecified atom stereocenters. The van der Waals surface area contributed by atoms with E-state index in [1.54, 1.807) is 26.8 Å². The van der Waals surface area contributed by atoms with E-state index in [2.05, 4.69) is 0 Å². The number of halogens is 2. The number of amides is 1. The molecule has 0 radical (unpaired) electrons. The minimum Gasteiger partial charge on any atom is -0.444 e. The van der Waals surface area contributed by atoms with Crippen molar-refractivity contribution < 1.29 is 23.1 Å². The van der Waals surface area contributed by atoms with Gasteiger partial charge in [0.15, 0.2) is 6.04 Å². The van der Waals surface area contributed by atoms with Crippen LogP contribution in [0.15, 0.2) is 30.3 Å². The number of likely N-dealkylation sites (N-methyl/N-ethyl adjacent to an activating group) is 1. The van der Waals surface area contributed by atoms with E-state index in [4.69, 9.17) is 4.74 Å². The molecule has 0 aliphatic heterocycles. The highest BCUT2D eigenvalue weighted by Gasteiger charge is 2.46. The summed E-state index contributed by atoms with van der Waals surface area (Å²) in [4.78, 5) is 23.6. The van der Waals surface area contributed by atoms with Crippen LogP contribution in [-0.2, 0) is 15.5 Å². The molecule has 1 aromatic carbocycles. The number of rotatable bonds is 4. The molecule has 1 atom stereocenters. The number of hydrogen-bond acceptors (Lipinski definition) is 3. The van der Waals surface area contributed by atoms with Crippen molar-refractivity contribution >= 4 is 12.4 Å². The molecule has 0 aromatic heterocycles. The fraction of sp³-hybridized carbons (Fsp3) is 0.467. The molecule has 0 aliphatic carbocycles. The van der Waals surface area contributed by atoms with Crippen LogP contribution in [0.3, 0.4) is 0 Å². The number of carbonyl (C=O) groups excluding carboxylic acids is 2. The van der Waals surface area contributed by atoms with Crippen LogP contribution in [-0.4, -0.2) is 36.0 Å². The van der Waals surface area contributed by atoms with E-state index in [-0.39, 0.29) is 11.8 Å². The second kappa shape index (κ2) is 6.20.